The number of aliphatic carboxylic acids is 1. The lowest BCUT2D eigenvalue weighted by Gasteiger charge is -2.40. The van der Waals surface area contributed by atoms with Crippen LogP contribution >= 0.6 is 0 Å². The first-order valence-electron chi connectivity index (χ1n) is 15.8. The van der Waals surface area contributed by atoms with Crippen molar-refractivity contribution in [1.29, 1.82) is 0 Å². The monoisotopic (exact) mass is 635 g/mol. The minimum absolute atomic E-state index is 0.0369. The molecule has 1 saturated heterocycles. The lowest BCUT2D eigenvalue weighted by Crippen LogP contribution is -2.51. The Morgan fingerprint density at radius 2 is 1.85 bits per heavy atom. The van der Waals surface area contributed by atoms with Gasteiger partial charge in [0.2, 0.25) is 0 Å². The maximum absolute atomic E-state index is 15.8. The fourth-order valence-electron chi connectivity index (χ4n) is 6.14. The zero-order valence-corrected chi connectivity index (χ0v) is 26.9. The number of anilines is 2. The van der Waals surface area contributed by atoms with E-state index < -0.39 is 24.4 Å². The van der Waals surface area contributed by atoms with Crippen LogP contribution in [0.15, 0.2) is 66.9 Å². The number of benzene rings is 2. The van der Waals surface area contributed by atoms with Crippen molar-refractivity contribution in [1.82, 2.24) is 4.98 Å². The van der Waals surface area contributed by atoms with E-state index in [1.807, 2.05) is 32.9 Å². The fourth-order valence-corrected chi connectivity index (χ4v) is 6.14. The van der Waals surface area contributed by atoms with Gasteiger partial charge in [-0.15, -0.1) is 0 Å². The molecule has 10 heteroatoms. The molecular formula is C36H43F2N3O5. The maximum atomic E-state index is 15.8. The van der Waals surface area contributed by atoms with Crippen molar-refractivity contribution < 1.29 is 33.0 Å². The molecule has 2 fully saturated rings. The zero-order valence-electron chi connectivity index (χ0n) is 26.9. The molecular weight excluding hydrogens is 592 g/mol. The number of ether oxygens (including phenoxy) is 2. The van der Waals surface area contributed by atoms with E-state index in [1.54, 1.807) is 64.5 Å². The highest BCUT2D eigenvalue weighted by Crippen LogP contribution is 2.45. The van der Waals surface area contributed by atoms with Crippen molar-refractivity contribution in [3.63, 3.8) is 0 Å². The topological polar surface area (TPSA) is 92.2 Å². The number of piperidine rings is 1. The van der Waals surface area contributed by atoms with Crippen molar-refractivity contribution in [2.45, 2.75) is 58.3 Å². The van der Waals surface area contributed by atoms with E-state index in [9.17, 15) is 14.7 Å². The summed E-state index contributed by atoms with van der Waals surface area (Å²) in [6.07, 6.45) is 3.79. The second-order valence-corrected chi connectivity index (χ2v) is 13.6. The Balaban J connectivity index is 1.33. The molecule has 2 heterocycles. The number of methoxy groups -OCH3 is 1. The number of hydrogen-bond donors (Lipinski definition) is 1. The molecule has 1 amide bonds. The first kappa shape index (κ1) is 33.2. The standard InChI is InChI=1S/C36H43F2N3O5/c1-35(2,3)22-41(32-10-5-6-16-39-32)34(44)29-14-13-27(45-4)19-31(29)40-17-15-26(36(37,38)23-40)21-46-28-9-7-8-25(18-28)30(20-33(42)43)24-11-12-24/h5-10,13-14,16,18-19,24,26,30H,11-12,15,17,20-23H2,1-4H3,(H,42,43). The molecule has 3 aromatic rings. The highest BCUT2D eigenvalue weighted by molar-refractivity contribution is 6.09. The molecule has 1 aromatic heterocycles. The first-order valence-corrected chi connectivity index (χ1v) is 15.8. The van der Waals surface area contributed by atoms with Crippen LogP contribution < -0.4 is 19.3 Å². The second-order valence-electron chi connectivity index (χ2n) is 13.6. The molecule has 0 radical (unpaired) electrons. The normalized spacial score (nSPS) is 18.5. The molecule has 2 aromatic carbocycles. The highest BCUT2D eigenvalue weighted by Gasteiger charge is 2.46. The third-order valence-electron chi connectivity index (χ3n) is 8.65. The Kier molecular flexibility index (Phi) is 9.84. The van der Waals surface area contributed by atoms with Gasteiger partial charge >= 0.3 is 5.97 Å². The predicted molar refractivity (Wildman–Crippen MR) is 173 cm³/mol. The SMILES string of the molecule is COc1ccc(C(=O)N(CC(C)(C)C)c2ccccn2)c(N2CCC(COc3cccc(C(CC(=O)O)C4CC4)c3)C(F)(F)C2)c1. The van der Waals surface area contributed by atoms with Crippen LogP contribution in [-0.4, -0.2) is 61.2 Å². The maximum Gasteiger partial charge on any atom is 0.303 e. The van der Waals surface area contributed by atoms with Gasteiger partial charge in [-0.1, -0.05) is 39.0 Å². The number of rotatable bonds is 12. The first-order chi connectivity index (χ1) is 21.8. The van der Waals surface area contributed by atoms with E-state index >= 15 is 8.78 Å². The minimum Gasteiger partial charge on any atom is -0.497 e. The molecule has 1 N–H and O–H groups in total. The molecule has 2 unspecified atom stereocenters. The molecule has 5 rings (SSSR count). The third kappa shape index (κ3) is 8.13. The third-order valence-corrected chi connectivity index (χ3v) is 8.65. The smallest absolute Gasteiger partial charge is 0.303 e. The molecule has 0 spiro atoms. The van der Waals surface area contributed by atoms with Gasteiger partial charge in [0.1, 0.15) is 17.3 Å². The lowest BCUT2D eigenvalue weighted by atomic mass is 9.91. The minimum atomic E-state index is -3.11. The number of pyridine rings is 1. The second kappa shape index (κ2) is 13.6. The number of carbonyl (C=O) groups is 2. The Morgan fingerprint density at radius 3 is 2.48 bits per heavy atom. The van der Waals surface area contributed by atoms with Crippen molar-refractivity contribution >= 4 is 23.4 Å². The van der Waals surface area contributed by atoms with Crippen molar-refractivity contribution in [3.8, 4) is 11.5 Å². The Labute approximate surface area is 269 Å². The van der Waals surface area contributed by atoms with Gasteiger partial charge in [0.05, 0.1) is 43.9 Å². The lowest BCUT2D eigenvalue weighted by molar-refractivity contribution is -0.137. The summed E-state index contributed by atoms with van der Waals surface area (Å²) in [6.45, 7) is 5.98. The number of carboxylic acids is 1. The number of aromatic nitrogens is 1. The summed E-state index contributed by atoms with van der Waals surface area (Å²) in [6, 6.07) is 17.5. The van der Waals surface area contributed by atoms with Crippen molar-refractivity contribution in [2.75, 3.05) is 43.2 Å². The van der Waals surface area contributed by atoms with Crippen LogP contribution in [0, 0.1) is 17.3 Å². The molecule has 1 aliphatic heterocycles. The number of carboxylic acid groups (broad SMARTS) is 1. The molecule has 2 aliphatic rings. The van der Waals surface area contributed by atoms with E-state index in [2.05, 4.69) is 4.98 Å². The van der Waals surface area contributed by atoms with Gasteiger partial charge in [-0.3, -0.25) is 14.5 Å². The summed E-state index contributed by atoms with van der Waals surface area (Å²) < 4.78 is 43.0. The van der Waals surface area contributed by atoms with Crippen LogP contribution in [0.4, 0.5) is 20.3 Å². The molecule has 1 aliphatic carbocycles. The van der Waals surface area contributed by atoms with E-state index in [0.29, 0.717) is 47.6 Å². The van der Waals surface area contributed by atoms with Crippen LogP contribution in [0.25, 0.3) is 0 Å². The summed E-state index contributed by atoms with van der Waals surface area (Å²) in [7, 11) is 1.50. The van der Waals surface area contributed by atoms with Gasteiger partial charge in [-0.2, -0.15) is 0 Å². The number of halogens is 2. The number of alkyl halides is 2. The molecule has 246 valence electrons. The van der Waals surface area contributed by atoms with E-state index in [1.165, 1.54) is 7.11 Å². The predicted octanol–water partition coefficient (Wildman–Crippen LogP) is 7.29. The summed E-state index contributed by atoms with van der Waals surface area (Å²) in [5.41, 5.74) is 1.30. The van der Waals surface area contributed by atoms with Gasteiger partial charge in [-0.25, -0.2) is 13.8 Å². The van der Waals surface area contributed by atoms with Crippen LogP contribution in [0.2, 0.25) is 0 Å². The van der Waals surface area contributed by atoms with Gasteiger partial charge in [0.25, 0.3) is 11.8 Å². The largest absolute Gasteiger partial charge is 0.497 e. The molecule has 8 nitrogen and oxygen atoms in total. The summed E-state index contributed by atoms with van der Waals surface area (Å²) in [5, 5.41) is 9.38. The Morgan fingerprint density at radius 1 is 1.07 bits per heavy atom. The Bertz CT molecular complexity index is 1520. The van der Waals surface area contributed by atoms with Crippen LogP contribution in [0.5, 0.6) is 11.5 Å². The zero-order chi connectivity index (χ0) is 33.1. The number of carbonyl (C=O) groups excluding carboxylic acids is 1. The molecule has 2 atom stereocenters. The van der Waals surface area contributed by atoms with Crippen LogP contribution in [0.1, 0.15) is 68.3 Å². The molecule has 46 heavy (non-hydrogen) atoms. The highest BCUT2D eigenvalue weighted by atomic mass is 19.3. The average Bonchev–Trinajstić information content (AvgIpc) is 3.86. The number of nitrogens with zero attached hydrogens (tertiary/aromatic N) is 3. The number of hydrogen-bond acceptors (Lipinski definition) is 6. The van der Waals surface area contributed by atoms with Gasteiger partial charge in [0.15, 0.2) is 0 Å². The van der Waals surface area contributed by atoms with Gasteiger partial charge in [0, 0.05) is 25.4 Å². The van der Waals surface area contributed by atoms with E-state index in [-0.39, 0.29) is 36.7 Å². The van der Waals surface area contributed by atoms with Gasteiger partial charge in [-0.05, 0) is 78.5 Å². The summed E-state index contributed by atoms with van der Waals surface area (Å²) in [4.78, 5) is 33.1. The van der Waals surface area contributed by atoms with Crippen molar-refractivity contribution in [3.05, 3.63) is 78.0 Å². The quantitative estimate of drug-likeness (QED) is 0.223. The summed E-state index contributed by atoms with van der Waals surface area (Å²) in [5.74, 6) is -3.69. The van der Waals surface area contributed by atoms with Gasteiger partial charge < -0.3 is 19.5 Å². The van der Waals surface area contributed by atoms with Crippen molar-refractivity contribution in [2.24, 2.45) is 17.3 Å². The van der Waals surface area contributed by atoms with Crippen LogP contribution in [0.3, 0.4) is 0 Å². The van der Waals surface area contributed by atoms with E-state index in [0.717, 1.165) is 18.4 Å². The molecule has 1 saturated carbocycles. The summed E-state index contributed by atoms with van der Waals surface area (Å²) >= 11 is 0. The van der Waals surface area contributed by atoms with E-state index in [4.69, 9.17) is 9.47 Å². The fraction of sp³-hybridized carbons (Fsp3) is 0.472. The van der Waals surface area contributed by atoms with Crippen LogP contribution in [-0.2, 0) is 4.79 Å². The average molecular weight is 636 g/mol. The molecule has 0 bridgehead atoms. The Hall–Kier alpha value is -4.21. The number of amides is 1.